The molecular formula is C94H149B4N21O26S2. The summed E-state index contributed by atoms with van der Waals surface area (Å²) in [6, 6.07) is 13.1. The van der Waals surface area contributed by atoms with Gasteiger partial charge in [-0.2, -0.15) is 33.0 Å². The first-order valence-corrected chi connectivity index (χ1v) is 55.0. The fourth-order valence-corrected chi connectivity index (χ4v) is 22.3. The van der Waals surface area contributed by atoms with Crippen LogP contribution in [-0.4, -0.2) is 439 Å². The Kier molecular flexibility index (Phi) is 46.5. The molecule has 10 bridgehead atoms. The number of hydrogen-bond donors (Lipinski definition) is 9. The number of unbranched alkanes of at least 4 members (excludes halogenated alkanes) is 4. The molecule has 0 aliphatic carbocycles. The van der Waals surface area contributed by atoms with E-state index in [1.165, 1.54) is 127 Å². The number of hydroxylamine groups is 10. The predicted molar refractivity (Wildman–Crippen MR) is 539 cm³/mol. The number of carbonyl (C=O) groups excluding carboxylic acids is 13. The topological polar surface area (TPSA) is 559 Å². The van der Waals surface area contributed by atoms with Crippen LogP contribution in [0.15, 0.2) is 60.7 Å². The van der Waals surface area contributed by atoms with E-state index in [-0.39, 0.29) is 91.1 Å². The van der Waals surface area contributed by atoms with Crippen molar-refractivity contribution < 1.29 is 126 Å². The second-order valence-electron chi connectivity index (χ2n) is 40.1. The van der Waals surface area contributed by atoms with Gasteiger partial charge in [-0.3, -0.25) is 38.6 Å². The third-order valence-electron chi connectivity index (χ3n) is 29.8. The van der Waals surface area contributed by atoms with E-state index in [0.29, 0.717) is 133 Å². The predicted octanol–water partition coefficient (Wildman–Crippen LogP) is 2.40. The first kappa shape index (κ1) is 118. The number of quaternary nitrogens is 1. The Bertz CT molecular complexity index is 4810. The number of carboxylic acid groups (broad SMARTS) is 1. The Morgan fingerprint density at radius 3 is 1.00 bits per heavy atom. The summed E-state index contributed by atoms with van der Waals surface area (Å²) >= 11 is 0. The quantitative estimate of drug-likeness (QED) is 0.0116. The van der Waals surface area contributed by atoms with Crippen LogP contribution in [0, 0.1) is 0 Å². The van der Waals surface area contributed by atoms with Crippen molar-refractivity contribution in [3.63, 3.8) is 0 Å². The SMILES string of the molecule is CCCC[N+](CCCC)(CCCC)CCCC.NC1CCN([B]C=O)CC1.O=C(NC1CCNCC1)[C@@H]1CC[C@@H]2CN1C(=O)N2OS(=O)(=O)O.O=C(O)[C@@H]1CC[C@@H]2CN1C(=O)N2OCc1ccccc1.O=C[B]N1CCC(NC(=O)[C@@H]2CC[C@@H]3CN2C(=O)N3O)CC1.O=C[B]N1CCC(NC(=O)[C@@H]2CC[C@@H]3CN2C(=O)N3OCc2ccccc2)CC1.O=C[B]N1CCC(NC(=O)[C@@H]2CC[C@@H]3CN2C(=O)N3OS(=O)(=O)[O-])CC1. The molecule has 147 heavy (non-hydrogen) atoms. The minimum Gasteiger partial charge on any atom is -0.724 e. The van der Waals surface area contributed by atoms with Gasteiger partial charge in [0.1, 0.15) is 43.4 Å². The van der Waals surface area contributed by atoms with Crippen LogP contribution < -0.4 is 32.3 Å². The van der Waals surface area contributed by atoms with Crippen LogP contribution in [0.25, 0.3) is 0 Å². The summed E-state index contributed by atoms with van der Waals surface area (Å²) in [5.74, 6) is -1.69. The van der Waals surface area contributed by atoms with E-state index in [4.69, 9.17) is 25.1 Å². The monoisotopic (exact) mass is 2100 g/mol. The van der Waals surface area contributed by atoms with E-state index in [1.54, 1.807) is 19.7 Å². The van der Waals surface area contributed by atoms with Gasteiger partial charge in [0.25, 0.3) is 29.7 Å². The maximum atomic E-state index is 12.9. The number of nitrogens with one attached hydrogen (secondary N) is 5. The molecule has 0 aromatic heterocycles. The Hall–Kier alpha value is -9.58. The molecule has 15 heterocycles. The van der Waals surface area contributed by atoms with Crippen LogP contribution >= 0.6 is 0 Å². The molecule has 0 saturated carbocycles. The summed E-state index contributed by atoms with van der Waals surface area (Å²) in [6.07, 6.45) is 27.8. The maximum absolute atomic E-state index is 12.9. The molecule has 14 amide bonds. The Labute approximate surface area is 865 Å². The summed E-state index contributed by atoms with van der Waals surface area (Å²) < 4.78 is 72.7. The van der Waals surface area contributed by atoms with Crippen molar-refractivity contribution in [1.29, 1.82) is 0 Å². The standard InChI is InChI=1S/C20H26BN4O4.C16H36N.C14H16N2O4.C13H20BN4O7S.C13H20BN4O4.C12H20N4O6S.C6H12BN2O/c26-14-21-23-10-8-16(9-11-23)22-19(27)18-7-6-17-12-24(18)20(28)25(17)29-13-15-4-2-1-3-5-15;1-5-9-13-17(14-10-6-2,15-11-7-3)16-12-8-4;17-13(18)12-7-6-11-8-15(12)14(19)16(11)20-9-10-4-2-1-3-5-10;19-8-14-16-5-3-9(4-6-16)15-12(20)11-2-1-10-7-17(11)13(21)18(10)25-26(22,23)24;19-8-14-16-5-3-9(4-6-16)15-12(20)11-2-1-10-7-17(11)13(21)18(10)22;17-11(14-8-3-5-13-6-4-8)10-2-1-9-7-15(10)12(18)16(9)22-23(19,20)21;8-6-1-3-9(4-2-6)7-5-10/h1-5,14,16-18H,6-13H2,(H,22,27);5-16H2,1-4H3;1-5,11-12H,6-9H2,(H,17,18);8-11H,1-7H2,(H,15,20)(H,22,23,24);8-11,22H,1-7H2,(H,15,20);8-10,13H,1-7H2,(H,14,17)(H,19,20,21);5-6H,1-4,8H2/q;+1;;;;;/p-1/t17-,18+;;11-,12+;2*10-,11+;9-,10+;/m1.1111./s1. The minimum absolute atomic E-state index is 0.00243. The third-order valence-corrected chi connectivity index (χ3v) is 30.5. The van der Waals surface area contributed by atoms with E-state index in [0.717, 1.165) is 151 Å². The molecule has 15 saturated heterocycles. The molecule has 47 nitrogen and oxygen atoms in total. The lowest BCUT2D eigenvalue weighted by molar-refractivity contribution is -0.929. The van der Waals surface area contributed by atoms with Crippen LogP contribution in [0.2, 0.25) is 0 Å². The van der Waals surface area contributed by atoms with Crippen molar-refractivity contribution in [1.82, 2.24) is 95.6 Å². The highest BCUT2D eigenvalue weighted by Gasteiger charge is 2.54. The van der Waals surface area contributed by atoms with E-state index in [1.807, 2.05) is 79.9 Å². The second-order valence-corrected chi connectivity index (χ2v) is 42.0. The molecular weight excluding hydrogens is 1950 g/mol. The van der Waals surface area contributed by atoms with Gasteiger partial charge in [0.2, 0.25) is 34.0 Å². The average Bonchev–Trinajstić information content (AvgIpc) is 1.62. The normalized spacial score (nSPS) is 25.1. The fraction of sp³-hybridized carbons (Fsp3) is 0.723. The number of benzene rings is 2. The largest absolute Gasteiger partial charge is 0.724 e. The summed E-state index contributed by atoms with van der Waals surface area (Å²) in [5.41, 5.74) is 7.65. The fourth-order valence-electron chi connectivity index (χ4n) is 21.5. The van der Waals surface area contributed by atoms with Gasteiger partial charge in [-0.05, 0) is 231 Å². The van der Waals surface area contributed by atoms with Gasteiger partial charge in [-0.25, -0.2) is 42.2 Å². The number of rotatable bonds is 39. The summed E-state index contributed by atoms with van der Waals surface area (Å²) in [6.45, 7) is 25.2. The number of nitrogens with zero attached hydrogens (tertiary/aromatic N) is 15. The van der Waals surface area contributed by atoms with Crippen molar-refractivity contribution in [2.24, 2.45) is 5.73 Å². The smallest absolute Gasteiger partial charge is 0.418 e. The van der Waals surface area contributed by atoms with E-state index in [2.05, 4.69) is 62.8 Å². The molecule has 15 fully saturated rings. The van der Waals surface area contributed by atoms with Crippen molar-refractivity contribution >= 4 is 135 Å². The molecule has 53 heteroatoms. The molecule has 0 spiro atoms. The van der Waals surface area contributed by atoms with E-state index in [9.17, 15) is 93.7 Å². The molecule has 17 rings (SSSR count). The Balaban J connectivity index is 0.000000166. The van der Waals surface area contributed by atoms with Gasteiger partial charge >= 0.3 is 46.5 Å². The number of amides is 14. The summed E-state index contributed by atoms with van der Waals surface area (Å²) in [5, 5.41) is 38.7. The number of carboxylic acids is 1. The first-order valence-electron chi connectivity index (χ1n) is 52.3. The second kappa shape index (κ2) is 58.1. The first-order chi connectivity index (χ1) is 70.6. The molecule has 15 aliphatic heterocycles. The van der Waals surface area contributed by atoms with Gasteiger partial charge < -0.3 is 109 Å². The number of piperidine rings is 10. The van der Waals surface area contributed by atoms with E-state index < -0.39 is 87.2 Å². The van der Waals surface area contributed by atoms with Crippen molar-refractivity contribution in [3.8, 4) is 0 Å². The molecule has 810 valence electrons. The van der Waals surface area contributed by atoms with Crippen molar-refractivity contribution in [3.05, 3.63) is 71.8 Å². The Morgan fingerprint density at radius 1 is 0.408 bits per heavy atom. The molecule has 4 radical (unpaired) electrons. The highest BCUT2D eigenvalue weighted by molar-refractivity contribution is 7.81. The number of hydrogen-bond acceptors (Lipinski definition) is 30. The summed E-state index contributed by atoms with van der Waals surface area (Å²) in [7, 11) is -3.69. The minimum atomic E-state index is -5.05. The lowest BCUT2D eigenvalue weighted by atomic mass is 9.89. The lowest BCUT2D eigenvalue weighted by Gasteiger charge is -2.39. The zero-order valence-electron chi connectivity index (χ0n) is 85.0. The molecule has 10 N–H and O–H groups in total. The highest BCUT2D eigenvalue weighted by Crippen LogP contribution is 2.37. The van der Waals surface area contributed by atoms with Crippen LogP contribution in [0.5, 0.6) is 0 Å². The molecule has 10 atom stereocenters. The van der Waals surface area contributed by atoms with Gasteiger partial charge in [-0.1, -0.05) is 114 Å². The van der Waals surface area contributed by atoms with Crippen LogP contribution in [0.1, 0.15) is 219 Å². The molecule has 0 unspecified atom stereocenters. The van der Waals surface area contributed by atoms with Crippen LogP contribution in [0.3, 0.4) is 0 Å². The number of nitrogens with two attached hydrogens (primary N) is 1. The maximum Gasteiger partial charge on any atom is 0.418 e. The average molecular weight is 2100 g/mol. The van der Waals surface area contributed by atoms with Crippen LogP contribution in [0.4, 0.5) is 24.0 Å². The van der Waals surface area contributed by atoms with Crippen LogP contribution in [-0.2, 0) is 95.4 Å². The zero-order valence-corrected chi connectivity index (χ0v) is 86.7. The van der Waals surface area contributed by atoms with Crippen molar-refractivity contribution in [2.75, 3.05) is 124 Å². The zero-order chi connectivity index (χ0) is 106. The lowest BCUT2D eigenvalue weighted by Crippen LogP contribution is -2.54. The number of carbonyl (C=O) groups is 14. The highest BCUT2D eigenvalue weighted by atomic mass is 32.3. The van der Waals surface area contributed by atoms with Gasteiger partial charge in [0.15, 0.2) is 0 Å². The van der Waals surface area contributed by atoms with Gasteiger partial charge in [-0.15, -0.1) is 4.28 Å². The Morgan fingerprint density at radius 2 is 0.687 bits per heavy atom. The number of fused-ring (bicyclic) bond motifs is 10. The number of urea groups is 5. The molecule has 2 aromatic carbocycles. The van der Waals surface area contributed by atoms with Gasteiger partial charge in [0, 0.05) is 62.9 Å². The van der Waals surface area contributed by atoms with Crippen molar-refractivity contribution in [2.45, 2.75) is 311 Å². The molecule has 2 aromatic rings. The number of aliphatic carboxylic acids is 1. The third kappa shape index (κ3) is 34.5. The van der Waals surface area contributed by atoms with Gasteiger partial charge in [0.05, 0.1) is 81.1 Å². The van der Waals surface area contributed by atoms with E-state index >= 15 is 0 Å². The summed E-state index contributed by atoms with van der Waals surface area (Å²) in [4.78, 5) is 191. The molecule has 15 aliphatic rings.